The second-order valence-corrected chi connectivity index (χ2v) is 5.72. The van der Waals surface area contributed by atoms with Gasteiger partial charge in [0.15, 0.2) is 0 Å². The molecule has 7 nitrogen and oxygen atoms in total. The maximum Gasteiger partial charge on any atom is 0.269 e. The fourth-order valence-electron chi connectivity index (χ4n) is 3.15. The Morgan fingerprint density at radius 2 is 1.90 bits per heavy atom. The number of nitrogens with zero attached hydrogens (tertiary/aromatic N) is 2. The van der Waals surface area contributed by atoms with E-state index in [0.717, 1.165) is 26.2 Å². The largest absolute Gasteiger partial charge is 0.325 e. The Kier molecular flexibility index (Phi) is 3.85. The number of non-ortho nitro benzene ring substituents is 1. The highest BCUT2D eigenvalue weighted by Crippen LogP contribution is 2.26. The van der Waals surface area contributed by atoms with Crippen molar-refractivity contribution in [3.8, 4) is 0 Å². The summed E-state index contributed by atoms with van der Waals surface area (Å²) in [4.78, 5) is 24.3. The van der Waals surface area contributed by atoms with Gasteiger partial charge in [0.05, 0.1) is 11.5 Å². The number of nitrogens with one attached hydrogen (secondary N) is 2. The molecule has 3 rings (SSSR count). The maximum absolute atomic E-state index is 12.0. The Bertz CT molecular complexity index is 534. The summed E-state index contributed by atoms with van der Waals surface area (Å²) in [6, 6.07) is 5.89. The molecular weight excluding hydrogens is 272 g/mol. The summed E-state index contributed by atoms with van der Waals surface area (Å²) in [6.45, 7) is 4.40. The zero-order valence-corrected chi connectivity index (χ0v) is 11.6. The third kappa shape index (κ3) is 3.20. The number of hydrogen-bond acceptors (Lipinski definition) is 5. The number of anilines is 1. The van der Waals surface area contributed by atoms with Crippen molar-refractivity contribution in [3.05, 3.63) is 34.4 Å². The van der Waals surface area contributed by atoms with Crippen LogP contribution in [0.15, 0.2) is 24.3 Å². The van der Waals surface area contributed by atoms with Gasteiger partial charge in [-0.2, -0.15) is 0 Å². The standard InChI is InChI=1S/C14H18N4O3/c19-14(9-17-7-10-5-15-6-11(10)8-17)16-12-1-3-13(4-2-12)18(20)21/h1-4,10-11,15H,5-9H2,(H,16,19). The van der Waals surface area contributed by atoms with Crippen molar-refractivity contribution in [1.29, 1.82) is 0 Å². The number of rotatable bonds is 4. The SMILES string of the molecule is O=C(CN1CC2CNCC2C1)Nc1ccc([N+](=O)[O-])cc1. The van der Waals surface area contributed by atoms with Crippen LogP contribution in [-0.2, 0) is 4.79 Å². The fraction of sp³-hybridized carbons (Fsp3) is 0.500. The van der Waals surface area contributed by atoms with E-state index in [2.05, 4.69) is 15.5 Å². The van der Waals surface area contributed by atoms with E-state index in [0.29, 0.717) is 24.1 Å². The molecule has 7 heteroatoms. The summed E-state index contributed by atoms with van der Waals surface area (Å²) in [5, 5.41) is 16.7. The van der Waals surface area contributed by atoms with Gasteiger partial charge in [0.2, 0.25) is 5.91 Å². The zero-order valence-electron chi connectivity index (χ0n) is 11.6. The first-order chi connectivity index (χ1) is 10.1. The van der Waals surface area contributed by atoms with Gasteiger partial charge in [-0.3, -0.25) is 19.8 Å². The third-order valence-corrected chi connectivity index (χ3v) is 4.19. The summed E-state index contributed by atoms with van der Waals surface area (Å²) >= 11 is 0. The Morgan fingerprint density at radius 3 is 2.48 bits per heavy atom. The third-order valence-electron chi connectivity index (χ3n) is 4.19. The van der Waals surface area contributed by atoms with Crippen LogP contribution in [0.1, 0.15) is 0 Å². The van der Waals surface area contributed by atoms with E-state index in [1.54, 1.807) is 12.1 Å². The van der Waals surface area contributed by atoms with E-state index in [4.69, 9.17) is 0 Å². The summed E-state index contributed by atoms with van der Waals surface area (Å²) in [6.07, 6.45) is 0. The molecule has 2 fully saturated rings. The average molecular weight is 290 g/mol. The van der Waals surface area contributed by atoms with Gasteiger partial charge in [0.1, 0.15) is 0 Å². The molecule has 2 aliphatic heterocycles. The predicted octanol–water partition coefficient (Wildman–Crippen LogP) is 0.684. The molecule has 0 spiro atoms. The molecule has 2 N–H and O–H groups in total. The topological polar surface area (TPSA) is 87.5 Å². The number of amides is 1. The minimum absolute atomic E-state index is 0.0212. The van der Waals surface area contributed by atoms with Crippen LogP contribution >= 0.6 is 0 Å². The highest BCUT2D eigenvalue weighted by atomic mass is 16.6. The second-order valence-electron chi connectivity index (χ2n) is 5.72. The van der Waals surface area contributed by atoms with Gasteiger partial charge < -0.3 is 10.6 Å². The van der Waals surface area contributed by atoms with Crippen molar-refractivity contribution >= 4 is 17.3 Å². The Balaban J connectivity index is 1.51. The van der Waals surface area contributed by atoms with E-state index in [1.165, 1.54) is 12.1 Å². The van der Waals surface area contributed by atoms with Crippen molar-refractivity contribution in [2.45, 2.75) is 0 Å². The zero-order chi connectivity index (χ0) is 14.8. The lowest BCUT2D eigenvalue weighted by atomic mass is 10.0. The van der Waals surface area contributed by atoms with E-state index < -0.39 is 4.92 Å². The lowest BCUT2D eigenvalue weighted by molar-refractivity contribution is -0.384. The van der Waals surface area contributed by atoms with Crippen LogP contribution in [0.5, 0.6) is 0 Å². The van der Waals surface area contributed by atoms with Gasteiger partial charge in [-0.05, 0) is 37.1 Å². The van der Waals surface area contributed by atoms with E-state index in [9.17, 15) is 14.9 Å². The van der Waals surface area contributed by atoms with Crippen LogP contribution in [0.4, 0.5) is 11.4 Å². The predicted molar refractivity (Wildman–Crippen MR) is 78.0 cm³/mol. The summed E-state index contributed by atoms with van der Waals surface area (Å²) in [5.41, 5.74) is 0.611. The number of carbonyl (C=O) groups excluding carboxylic acids is 1. The smallest absolute Gasteiger partial charge is 0.269 e. The Morgan fingerprint density at radius 1 is 1.29 bits per heavy atom. The van der Waals surface area contributed by atoms with Crippen molar-refractivity contribution in [2.75, 3.05) is 38.0 Å². The van der Waals surface area contributed by atoms with Crippen LogP contribution < -0.4 is 10.6 Å². The first-order valence-corrected chi connectivity index (χ1v) is 7.09. The number of fused-ring (bicyclic) bond motifs is 1. The number of benzene rings is 1. The molecule has 0 aliphatic carbocycles. The van der Waals surface area contributed by atoms with Gasteiger partial charge in [0.25, 0.3) is 5.69 Å². The molecule has 1 aromatic carbocycles. The molecule has 0 bridgehead atoms. The van der Waals surface area contributed by atoms with E-state index in [1.807, 2.05) is 0 Å². The number of nitro benzene ring substituents is 1. The molecule has 21 heavy (non-hydrogen) atoms. The quantitative estimate of drug-likeness (QED) is 0.629. The van der Waals surface area contributed by atoms with Crippen molar-refractivity contribution in [3.63, 3.8) is 0 Å². The first kappa shape index (κ1) is 14.0. The lowest BCUT2D eigenvalue weighted by Gasteiger charge is -2.16. The first-order valence-electron chi connectivity index (χ1n) is 7.09. The molecule has 2 saturated heterocycles. The van der Waals surface area contributed by atoms with Crippen LogP contribution in [0, 0.1) is 22.0 Å². The highest BCUT2D eigenvalue weighted by Gasteiger charge is 2.36. The summed E-state index contributed by atoms with van der Waals surface area (Å²) in [5.74, 6) is 1.26. The molecule has 1 amide bonds. The fourth-order valence-corrected chi connectivity index (χ4v) is 3.15. The lowest BCUT2D eigenvalue weighted by Crippen LogP contribution is -2.33. The minimum Gasteiger partial charge on any atom is -0.325 e. The van der Waals surface area contributed by atoms with Gasteiger partial charge in [-0.1, -0.05) is 0 Å². The van der Waals surface area contributed by atoms with E-state index >= 15 is 0 Å². The summed E-state index contributed by atoms with van der Waals surface area (Å²) < 4.78 is 0. The molecule has 2 unspecified atom stereocenters. The number of carbonyl (C=O) groups is 1. The molecule has 0 radical (unpaired) electrons. The minimum atomic E-state index is -0.456. The molecule has 1 aromatic rings. The van der Waals surface area contributed by atoms with Gasteiger partial charge >= 0.3 is 0 Å². The van der Waals surface area contributed by atoms with Crippen LogP contribution in [0.3, 0.4) is 0 Å². The maximum atomic E-state index is 12.0. The molecule has 0 aromatic heterocycles. The Labute approximate surface area is 122 Å². The van der Waals surface area contributed by atoms with Crippen LogP contribution in [-0.4, -0.2) is 48.5 Å². The van der Waals surface area contributed by atoms with Crippen molar-refractivity contribution < 1.29 is 9.72 Å². The molecular formula is C14H18N4O3. The van der Waals surface area contributed by atoms with Gasteiger partial charge in [-0.25, -0.2) is 0 Å². The van der Waals surface area contributed by atoms with Gasteiger partial charge in [-0.15, -0.1) is 0 Å². The van der Waals surface area contributed by atoms with Crippen LogP contribution in [0.2, 0.25) is 0 Å². The number of likely N-dealkylation sites (tertiary alicyclic amines) is 1. The molecule has 2 atom stereocenters. The Hall–Kier alpha value is -1.99. The molecule has 112 valence electrons. The monoisotopic (exact) mass is 290 g/mol. The van der Waals surface area contributed by atoms with Crippen molar-refractivity contribution in [1.82, 2.24) is 10.2 Å². The van der Waals surface area contributed by atoms with Crippen LogP contribution in [0.25, 0.3) is 0 Å². The normalized spacial score (nSPS) is 24.8. The number of nitro groups is 1. The second kappa shape index (κ2) is 5.79. The molecule has 0 saturated carbocycles. The van der Waals surface area contributed by atoms with Crippen molar-refractivity contribution in [2.24, 2.45) is 11.8 Å². The highest BCUT2D eigenvalue weighted by molar-refractivity contribution is 5.92. The number of hydrogen-bond donors (Lipinski definition) is 2. The summed E-state index contributed by atoms with van der Waals surface area (Å²) in [7, 11) is 0. The molecule has 2 heterocycles. The van der Waals surface area contributed by atoms with E-state index in [-0.39, 0.29) is 11.6 Å². The molecule has 2 aliphatic rings. The van der Waals surface area contributed by atoms with Gasteiger partial charge in [0, 0.05) is 30.9 Å². The average Bonchev–Trinajstić information content (AvgIpc) is 3.00.